The number of ether oxygens (including phenoxy) is 1. The second-order valence-electron chi connectivity index (χ2n) is 7.06. The standard InChI is InChI=1S/C22H26N2O3/c1-16-14-24(15-17(2)27-16)13-12-21(25)23-20-11-7-6-10-19(20)22(26)18-8-4-3-5-9-18/h3-11,16-17H,12-15H2,1-2H3,(H,23,25). The molecule has 1 saturated heterocycles. The van der Waals surface area contributed by atoms with Crippen molar-refractivity contribution in [3.8, 4) is 0 Å². The van der Waals surface area contributed by atoms with Gasteiger partial charge in [-0.25, -0.2) is 0 Å². The number of nitrogens with one attached hydrogen (secondary N) is 1. The van der Waals surface area contributed by atoms with Gasteiger partial charge in [0.05, 0.1) is 17.9 Å². The predicted molar refractivity (Wildman–Crippen MR) is 106 cm³/mol. The van der Waals surface area contributed by atoms with E-state index >= 15 is 0 Å². The van der Waals surface area contributed by atoms with E-state index in [1.807, 2.05) is 44.2 Å². The molecular weight excluding hydrogens is 340 g/mol. The Morgan fingerprint density at radius 3 is 2.33 bits per heavy atom. The number of rotatable bonds is 6. The van der Waals surface area contributed by atoms with Gasteiger partial charge in [-0.05, 0) is 26.0 Å². The predicted octanol–water partition coefficient (Wildman–Crippen LogP) is 3.36. The van der Waals surface area contributed by atoms with Crippen LogP contribution in [0.25, 0.3) is 0 Å². The Hall–Kier alpha value is -2.50. The number of morpholine rings is 1. The van der Waals surface area contributed by atoms with Crippen LogP contribution in [0, 0.1) is 0 Å². The second kappa shape index (κ2) is 8.93. The van der Waals surface area contributed by atoms with Gasteiger partial charge in [0.15, 0.2) is 5.78 Å². The number of para-hydroxylation sites is 1. The second-order valence-corrected chi connectivity index (χ2v) is 7.06. The summed E-state index contributed by atoms with van der Waals surface area (Å²) >= 11 is 0. The molecule has 0 radical (unpaired) electrons. The van der Waals surface area contributed by atoms with Crippen LogP contribution in [-0.4, -0.2) is 48.4 Å². The first kappa shape index (κ1) is 19.3. The lowest BCUT2D eigenvalue weighted by Gasteiger charge is -2.35. The van der Waals surface area contributed by atoms with Gasteiger partial charge in [0.1, 0.15) is 0 Å². The van der Waals surface area contributed by atoms with E-state index in [0.29, 0.717) is 29.8 Å². The smallest absolute Gasteiger partial charge is 0.225 e. The van der Waals surface area contributed by atoms with Gasteiger partial charge < -0.3 is 10.1 Å². The molecular formula is C22H26N2O3. The molecule has 1 aliphatic heterocycles. The highest BCUT2D eigenvalue weighted by Gasteiger charge is 2.22. The zero-order valence-electron chi connectivity index (χ0n) is 15.9. The third kappa shape index (κ3) is 5.25. The third-order valence-electron chi connectivity index (χ3n) is 4.63. The first-order valence-corrected chi connectivity index (χ1v) is 9.39. The lowest BCUT2D eigenvalue weighted by molar-refractivity contribution is -0.117. The summed E-state index contributed by atoms with van der Waals surface area (Å²) < 4.78 is 5.72. The van der Waals surface area contributed by atoms with Crippen LogP contribution in [0.1, 0.15) is 36.2 Å². The Kier molecular flexibility index (Phi) is 6.37. The normalized spacial score (nSPS) is 20.2. The zero-order valence-corrected chi connectivity index (χ0v) is 15.9. The molecule has 0 aliphatic carbocycles. The van der Waals surface area contributed by atoms with E-state index < -0.39 is 0 Å². The first-order valence-electron chi connectivity index (χ1n) is 9.39. The fraction of sp³-hybridized carbons (Fsp3) is 0.364. The maximum absolute atomic E-state index is 12.8. The van der Waals surface area contributed by atoms with Crippen molar-refractivity contribution in [2.75, 3.05) is 25.0 Å². The largest absolute Gasteiger partial charge is 0.373 e. The van der Waals surface area contributed by atoms with E-state index in [1.165, 1.54) is 0 Å². The van der Waals surface area contributed by atoms with Crippen molar-refractivity contribution in [3.05, 3.63) is 65.7 Å². The number of amides is 1. The summed E-state index contributed by atoms with van der Waals surface area (Å²) in [6.45, 7) is 6.45. The first-order chi connectivity index (χ1) is 13.0. The molecule has 2 aromatic rings. The van der Waals surface area contributed by atoms with E-state index in [2.05, 4.69) is 10.2 Å². The fourth-order valence-electron chi connectivity index (χ4n) is 3.47. The van der Waals surface area contributed by atoms with Crippen molar-refractivity contribution in [1.82, 2.24) is 4.90 Å². The summed E-state index contributed by atoms with van der Waals surface area (Å²) in [5, 5.41) is 2.91. The summed E-state index contributed by atoms with van der Waals surface area (Å²) in [5.41, 5.74) is 1.67. The van der Waals surface area contributed by atoms with Crippen molar-refractivity contribution >= 4 is 17.4 Å². The molecule has 2 atom stereocenters. The van der Waals surface area contributed by atoms with E-state index in [9.17, 15) is 9.59 Å². The SMILES string of the molecule is CC1CN(CCC(=O)Nc2ccccc2C(=O)c2ccccc2)CC(C)O1. The molecule has 1 aliphatic rings. The number of hydrogen-bond donors (Lipinski definition) is 1. The monoisotopic (exact) mass is 366 g/mol. The van der Waals surface area contributed by atoms with Gasteiger partial charge in [-0.3, -0.25) is 14.5 Å². The molecule has 0 spiro atoms. The molecule has 0 bridgehead atoms. The Balaban J connectivity index is 1.62. The van der Waals surface area contributed by atoms with Crippen LogP contribution < -0.4 is 5.32 Å². The number of anilines is 1. The molecule has 2 aromatic carbocycles. The molecule has 1 heterocycles. The number of carbonyl (C=O) groups excluding carboxylic acids is 2. The summed E-state index contributed by atoms with van der Waals surface area (Å²) in [5.74, 6) is -0.183. The Morgan fingerprint density at radius 2 is 1.63 bits per heavy atom. The number of ketones is 1. The minimum Gasteiger partial charge on any atom is -0.373 e. The van der Waals surface area contributed by atoms with Crippen LogP contribution in [0.3, 0.4) is 0 Å². The van der Waals surface area contributed by atoms with Crippen molar-refractivity contribution in [1.29, 1.82) is 0 Å². The number of carbonyl (C=O) groups is 2. The number of benzene rings is 2. The van der Waals surface area contributed by atoms with E-state index in [4.69, 9.17) is 4.74 Å². The van der Waals surface area contributed by atoms with Gasteiger partial charge in [-0.2, -0.15) is 0 Å². The molecule has 27 heavy (non-hydrogen) atoms. The molecule has 1 fully saturated rings. The van der Waals surface area contributed by atoms with Gasteiger partial charge in [0.2, 0.25) is 5.91 Å². The highest BCUT2D eigenvalue weighted by molar-refractivity contribution is 6.13. The van der Waals surface area contributed by atoms with Crippen LogP contribution in [0.15, 0.2) is 54.6 Å². The minimum atomic E-state index is -0.0951. The van der Waals surface area contributed by atoms with E-state index in [-0.39, 0.29) is 23.9 Å². The molecule has 0 aromatic heterocycles. The Morgan fingerprint density at radius 1 is 1.00 bits per heavy atom. The Labute approximate surface area is 160 Å². The maximum atomic E-state index is 12.8. The summed E-state index contributed by atoms with van der Waals surface area (Å²) in [7, 11) is 0. The van der Waals surface area contributed by atoms with Gasteiger partial charge in [-0.1, -0.05) is 42.5 Å². The fourth-order valence-corrected chi connectivity index (χ4v) is 3.47. The van der Waals surface area contributed by atoms with Gasteiger partial charge in [0.25, 0.3) is 0 Å². The van der Waals surface area contributed by atoms with Crippen molar-refractivity contribution in [2.45, 2.75) is 32.5 Å². The van der Waals surface area contributed by atoms with Crippen molar-refractivity contribution in [2.24, 2.45) is 0 Å². The zero-order chi connectivity index (χ0) is 19.2. The lowest BCUT2D eigenvalue weighted by atomic mass is 10.0. The average molecular weight is 366 g/mol. The Bertz CT molecular complexity index is 781. The highest BCUT2D eigenvalue weighted by atomic mass is 16.5. The number of hydrogen-bond acceptors (Lipinski definition) is 4. The van der Waals surface area contributed by atoms with Crippen molar-refractivity contribution in [3.63, 3.8) is 0 Å². The maximum Gasteiger partial charge on any atom is 0.225 e. The molecule has 142 valence electrons. The van der Waals surface area contributed by atoms with Gasteiger partial charge in [-0.15, -0.1) is 0 Å². The topological polar surface area (TPSA) is 58.6 Å². The van der Waals surface area contributed by atoms with Crippen LogP contribution in [0.2, 0.25) is 0 Å². The lowest BCUT2D eigenvalue weighted by Crippen LogP contribution is -2.46. The average Bonchev–Trinajstić information content (AvgIpc) is 2.66. The molecule has 0 saturated carbocycles. The van der Waals surface area contributed by atoms with Crippen LogP contribution in [0.4, 0.5) is 5.69 Å². The van der Waals surface area contributed by atoms with Gasteiger partial charge in [0, 0.05) is 37.2 Å². The molecule has 1 amide bonds. The van der Waals surface area contributed by atoms with Crippen molar-refractivity contribution < 1.29 is 14.3 Å². The summed E-state index contributed by atoms with van der Waals surface area (Å²) in [6.07, 6.45) is 0.745. The quantitative estimate of drug-likeness (QED) is 0.797. The summed E-state index contributed by atoms with van der Waals surface area (Å²) in [6, 6.07) is 16.2. The van der Waals surface area contributed by atoms with Crippen LogP contribution >= 0.6 is 0 Å². The molecule has 5 nitrogen and oxygen atoms in total. The molecule has 3 rings (SSSR count). The van der Waals surface area contributed by atoms with E-state index in [1.54, 1.807) is 24.3 Å². The molecule has 5 heteroatoms. The van der Waals surface area contributed by atoms with E-state index in [0.717, 1.165) is 13.1 Å². The summed E-state index contributed by atoms with van der Waals surface area (Å²) in [4.78, 5) is 27.5. The number of nitrogens with zero attached hydrogens (tertiary/aromatic N) is 1. The van der Waals surface area contributed by atoms with Crippen LogP contribution in [0.5, 0.6) is 0 Å². The molecule has 1 N–H and O–H groups in total. The third-order valence-corrected chi connectivity index (χ3v) is 4.63. The van der Waals surface area contributed by atoms with Gasteiger partial charge >= 0.3 is 0 Å². The molecule has 2 unspecified atom stereocenters. The minimum absolute atomic E-state index is 0.0879. The van der Waals surface area contributed by atoms with Crippen LogP contribution in [-0.2, 0) is 9.53 Å². The highest BCUT2D eigenvalue weighted by Crippen LogP contribution is 2.20.